The molecule has 0 saturated carbocycles. The molecule has 4 aromatic rings. The predicted molar refractivity (Wildman–Crippen MR) is 106 cm³/mol. The third-order valence-corrected chi connectivity index (χ3v) is 4.61. The second-order valence-electron chi connectivity index (χ2n) is 6.57. The monoisotopic (exact) mass is 425 g/mol. The van der Waals surface area contributed by atoms with E-state index in [-0.39, 0.29) is 21.9 Å². The van der Waals surface area contributed by atoms with Crippen molar-refractivity contribution >= 4 is 10.8 Å². The fourth-order valence-electron chi connectivity index (χ4n) is 3.03. The Hall–Kier alpha value is -3.92. The lowest BCUT2D eigenvalue weighted by molar-refractivity contribution is 0.413. The lowest BCUT2D eigenvalue weighted by Gasteiger charge is -2.05. The van der Waals surface area contributed by atoms with E-state index in [1.807, 2.05) is 0 Å². The van der Waals surface area contributed by atoms with Crippen LogP contribution in [-0.2, 0) is 0 Å². The average molecular weight is 425 g/mol. The lowest BCUT2D eigenvalue weighted by Crippen LogP contribution is -1.94. The lowest BCUT2D eigenvalue weighted by atomic mass is 10.0. The summed E-state index contributed by atoms with van der Waals surface area (Å²) in [6.45, 7) is 0. The van der Waals surface area contributed by atoms with Gasteiger partial charge in [-0.3, -0.25) is 4.98 Å². The van der Waals surface area contributed by atoms with Crippen LogP contribution in [0.25, 0.3) is 22.0 Å². The molecule has 4 rings (SSSR count). The minimum Gasteiger partial charge on any atom is -0.495 e. The van der Waals surface area contributed by atoms with Crippen LogP contribution < -0.4 is 4.74 Å². The van der Waals surface area contributed by atoms with Crippen LogP contribution in [0.15, 0.2) is 54.7 Å². The summed E-state index contributed by atoms with van der Waals surface area (Å²) in [6.07, 6.45) is 1.43. The number of nitrogens with zero attached hydrogens (tertiary/aromatic N) is 1. The molecular weight excluding hydrogens is 413 g/mol. The van der Waals surface area contributed by atoms with Gasteiger partial charge in [0.1, 0.15) is 17.4 Å². The van der Waals surface area contributed by atoms with Crippen LogP contribution in [0.5, 0.6) is 5.75 Å². The average Bonchev–Trinajstić information content (AvgIpc) is 2.77. The maximum Gasteiger partial charge on any atom is 0.195 e. The first-order chi connectivity index (χ1) is 14.9. The molecule has 0 aliphatic heterocycles. The molecule has 0 fully saturated rings. The van der Waals surface area contributed by atoms with Gasteiger partial charge in [-0.1, -0.05) is 17.9 Å². The van der Waals surface area contributed by atoms with Gasteiger partial charge in [-0.15, -0.1) is 0 Å². The molecule has 0 aliphatic rings. The second kappa shape index (κ2) is 8.07. The van der Waals surface area contributed by atoms with Crippen LogP contribution in [0.1, 0.15) is 11.1 Å². The highest BCUT2D eigenvalue weighted by Gasteiger charge is 2.14. The Kier molecular flexibility index (Phi) is 5.30. The van der Waals surface area contributed by atoms with E-state index in [9.17, 15) is 22.0 Å². The van der Waals surface area contributed by atoms with E-state index in [0.717, 1.165) is 18.2 Å². The van der Waals surface area contributed by atoms with Crippen molar-refractivity contribution in [2.45, 2.75) is 0 Å². The number of ether oxygens (including phenoxy) is 1. The van der Waals surface area contributed by atoms with Crippen LogP contribution in [0.2, 0.25) is 0 Å². The zero-order valence-electron chi connectivity index (χ0n) is 15.9. The van der Waals surface area contributed by atoms with Gasteiger partial charge in [0.15, 0.2) is 17.5 Å². The first-order valence-corrected chi connectivity index (χ1v) is 8.96. The molecule has 0 N–H and O–H groups in total. The van der Waals surface area contributed by atoms with E-state index in [0.29, 0.717) is 11.4 Å². The van der Waals surface area contributed by atoms with Crippen molar-refractivity contribution in [2.24, 2.45) is 0 Å². The Morgan fingerprint density at radius 2 is 1.52 bits per heavy atom. The molecule has 2 nitrogen and oxygen atoms in total. The van der Waals surface area contributed by atoms with Gasteiger partial charge in [-0.05, 0) is 47.9 Å². The topological polar surface area (TPSA) is 22.1 Å². The maximum atomic E-state index is 14.5. The number of hydrogen-bond acceptors (Lipinski definition) is 2. The number of benzene rings is 3. The summed E-state index contributed by atoms with van der Waals surface area (Å²) >= 11 is 0. The Balaban J connectivity index is 1.69. The second-order valence-corrected chi connectivity index (χ2v) is 6.57. The third kappa shape index (κ3) is 3.92. The molecule has 0 saturated heterocycles. The summed E-state index contributed by atoms with van der Waals surface area (Å²) in [7, 11) is 1.48. The standard InChI is InChI=1S/C24H12F5NO/c1-31-16-4-7-22(30-12-16)15-10-19(25)18(20(26)11-15)6-3-13-2-5-17-14(8-13)9-21(27)24(29)23(17)28/h2,4-5,7-12H,1H3. The molecule has 0 spiro atoms. The smallest absolute Gasteiger partial charge is 0.195 e. The van der Waals surface area contributed by atoms with Crippen molar-refractivity contribution in [2.75, 3.05) is 7.11 Å². The fourth-order valence-corrected chi connectivity index (χ4v) is 3.03. The van der Waals surface area contributed by atoms with Crippen LogP contribution in [0.4, 0.5) is 22.0 Å². The van der Waals surface area contributed by atoms with Gasteiger partial charge in [0.2, 0.25) is 0 Å². The highest BCUT2D eigenvalue weighted by atomic mass is 19.2. The quantitative estimate of drug-likeness (QED) is 0.223. The molecule has 1 heterocycles. The van der Waals surface area contributed by atoms with Crippen molar-refractivity contribution in [1.29, 1.82) is 0 Å². The Morgan fingerprint density at radius 1 is 0.774 bits per heavy atom. The number of halogens is 5. The maximum absolute atomic E-state index is 14.5. The molecule has 0 amide bonds. The van der Waals surface area contributed by atoms with Crippen molar-refractivity contribution in [1.82, 2.24) is 4.98 Å². The first-order valence-electron chi connectivity index (χ1n) is 8.96. The van der Waals surface area contributed by atoms with Gasteiger partial charge in [0, 0.05) is 16.5 Å². The number of pyridine rings is 1. The molecule has 0 unspecified atom stereocenters. The highest BCUT2D eigenvalue weighted by Crippen LogP contribution is 2.25. The van der Waals surface area contributed by atoms with E-state index in [1.165, 1.54) is 31.5 Å². The van der Waals surface area contributed by atoms with Crippen LogP contribution in [0, 0.1) is 40.9 Å². The normalized spacial score (nSPS) is 10.6. The van der Waals surface area contributed by atoms with E-state index in [1.54, 1.807) is 12.1 Å². The van der Waals surface area contributed by atoms with Crippen molar-refractivity contribution in [3.8, 4) is 28.8 Å². The van der Waals surface area contributed by atoms with E-state index in [2.05, 4.69) is 16.8 Å². The van der Waals surface area contributed by atoms with E-state index >= 15 is 0 Å². The molecule has 154 valence electrons. The number of fused-ring (bicyclic) bond motifs is 1. The molecule has 0 radical (unpaired) electrons. The summed E-state index contributed by atoms with van der Waals surface area (Å²) < 4.78 is 74.6. The molecule has 31 heavy (non-hydrogen) atoms. The Morgan fingerprint density at radius 3 is 2.16 bits per heavy atom. The van der Waals surface area contributed by atoms with Crippen LogP contribution in [-0.4, -0.2) is 12.1 Å². The third-order valence-electron chi connectivity index (χ3n) is 4.61. The Bertz CT molecular complexity index is 1350. The molecule has 0 atom stereocenters. The number of hydrogen-bond donors (Lipinski definition) is 0. The summed E-state index contributed by atoms with van der Waals surface area (Å²) in [6, 6.07) is 10.1. The zero-order valence-corrected chi connectivity index (χ0v) is 15.9. The summed E-state index contributed by atoms with van der Waals surface area (Å²) in [5.74, 6) is -0.530. The molecular formula is C24H12F5NO. The minimum atomic E-state index is -1.57. The van der Waals surface area contributed by atoms with E-state index in [4.69, 9.17) is 4.74 Å². The predicted octanol–water partition coefficient (Wildman–Crippen LogP) is 6.01. The first kappa shape index (κ1) is 20.4. The fraction of sp³-hybridized carbons (Fsp3) is 0.0417. The zero-order chi connectivity index (χ0) is 22.1. The Labute approximate surface area is 173 Å². The molecule has 0 aliphatic carbocycles. The van der Waals surface area contributed by atoms with Gasteiger partial charge in [-0.2, -0.15) is 0 Å². The largest absolute Gasteiger partial charge is 0.495 e. The number of methoxy groups -OCH3 is 1. The van der Waals surface area contributed by atoms with Crippen LogP contribution >= 0.6 is 0 Å². The van der Waals surface area contributed by atoms with Gasteiger partial charge < -0.3 is 4.74 Å². The van der Waals surface area contributed by atoms with Crippen molar-refractivity contribution < 1.29 is 26.7 Å². The summed E-state index contributed by atoms with van der Waals surface area (Å²) in [4.78, 5) is 4.09. The van der Waals surface area contributed by atoms with Gasteiger partial charge in [-0.25, -0.2) is 22.0 Å². The van der Waals surface area contributed by atoms with Gasteiger partial charge >= 0.3 is 0 Å². The summed E-state index contributed by atoms with van der Waals surface area (Å²) in [5.41, 5.74) is 0.359. The van der Waals surface area contributed by atoms with Crippen LogP contribution in [0.3, 0.4) is 0 Å². The minimum absolute atomic E-state index is 0.0741. The van der Waals surface area contributed by atoms with Crippen molar-refractivity contribution in [3.05, 3.63) is 94.9 Å². The van der Waals surface area contributed by atoms with Gasteiger partial charge in [0.25, 0.3) is 0 Å². The SMILES string of the molecule is COc1ccc(-c2cc(F)c(C#Cc3ccc4c(F)c(F)c(F)cc4c3)c(F)c2)nc1. The number of rotatable bonds is 2. The highest BCUT2D eigenvalue weighted by molar-refractivity contribution is 5.84. The molecule has 0 bridgehead atoms. The number of aromatic nitrogens is 1. The van der Waals surface area contributed by atoms with Crippen molar-refractivity contribution in [3.63, 3.8) is 0 Å². The molecule has 7 heteroatoms. The van der Waals surface area contributed by atoms with Gasteiger partial charge in [0.05, 0.1) is 24.6 Å². The summed E-state index contributed by atoms with van der Waals surface area (Å²) in [5, 5.41) is -0.0526. The molecule has 1 aromatic heterocycles. The molecule has 3 aromatic carbocycles. The van der Waals surface area contributed by atoms with E-state index < -0.39 is 34.6 Å².